The average molecular weight is 309 g/mol. The normalized spacial score (nSPS) is 26.6. The lowest BCUT2D eigenvalue weighted by molar-refractivity contribution is 0.161. The van der Waals surface area contributed by atoms with Crippen LogP contribution in [0.1, 0.15) is 30.7 Å². The highest BCUT2D eigenvalue weighted by molar-refractivity contribution is 9.10. The molecule has 1 aromatic rings. The van der Waals surface area contributed by atoms with Crippen molar-refractivity contribution in [3.05, 3.63) is 34.3 Å². The predicted molar refractivity (Wildman–Crippen MR) is 79.0 cm³/mol. The molecule has 1 aromatic carbocycles. The SMILES string of the molecule is Brc1cccc(C2CCN(C3CCNC3)CC2)c1. The predicted octanol–water partition coefficient (Wildman–Crippen LogP) is 2.99. The first-order chi connectivity index (χ1) is 8.83. The van der Waals surface area contributed by atoms with E-state index in [9.17, 15) is 0 Å². The zero-order chi connectivity index (χ0) is 12.4. The fourth-order valence-electron chi connectivity index (χ4n) is 3.31. The maximum absolute atomic E-state index is 3.58. The van der Waals surface area contributed by atoms with Crippen LogP contribution in [0.15, 0.2) is 28.7 Å². The molecule has 18 heavy (non-hydrogen) atoms. The minimum Gasteiger partial charge on any atom is -0.315 e. The maximum Gasteiger partial charge on any atom is 0.0232 e. The minimum absolute atomic E-state index is 0.758. The van der Waals surface area contributed by atoms with Gasteiger partial charge in [-0.1, -0.05) is 28.1 Å². The Morgan fingerprint density at radius 2 is 2.00 bits per heavy atom. The van der Waals surface area contributed by atoms with Gasteiger partial charge >= 0.3 is 0 Å². The van der Waals surface area contributed by atoms with Gasteiger partial charge < -0.3 is 5.32 Å². The number of likely N-dealkylation sites (tertiary alicyclic amines) is 1. The molecule has 0 bridgehead atoms. The van der Waals surface area contributed by atoms with Gasteiger partial charge in [-0.05, 0) is 62.5 Å². The van der Waals surface area contributed by atoms with Gasteiger partial charge in [-0.3, -0.25) is 4.90 Å². The molecular formula is C15H21BrN2. The van der Waals surface area contributed by atoms with Gasteiger partial charge in [0.2, 0.25) is 0 Å². The van der Waals surface area contributed by atoms with Crippen LogP contribution in [0.5, 0.6) is 0 Å². The molecule has 1 atom stereocenters. The fourth-order valence-corrected chi connectivity index (χ4v) is 3.73. The van der Waals surface area contributed by atoms with Crippen molar-refractivity contribution < 1.29 is 0 Å². The van der Waals surface area contributed by atoms with Gasteiger partial charge in [0.15, 0.2) is 0 Å². The van der Waals surface area contributed by atoms with Crippen molar-refractivity contribution in [2.45, 2.75) is 31.2 Å². The first-order valence-corrected chi connectivity index (χ1v) is 7.82. The van der Waals surface area contributed by atoms with Crippen molar-refractivity contribution in [2.24, 2.45) is 0 Å². The fraction of sp³-hybridized carbons (Fsp3) is 0.600. The van der Waals surface area contributed by atoms with Crippen molar-refractivity contribution in [1.29, 1.82) is 0 Å². The summed E-state index contributed by atoms with van der Waals surface area (Å²) in [5.41, 5.74) is 1.51. The summed E-state index contributed by atoms with van der Waals surface area (Å²) < 4.78 is 1.21. The molecule has 2 nitrogen and oxygen atoms in total. The lowest BCUT2D eigenvalue weighted by atomic mass is 9.89. The second-order valence-electron chi connectivity index (χ2n) is 5.51. The van der Waals surface area contributed by atoms with Crippen LogP contribution in [-0.4, -0.2) is 37.1 Å². The molecule has 2 saturated heterocycles. The lowest BCUT2D eigenvalue weighted by Crippen LogP contribution is -2.42. The summed E-state index contributed by atoms with van der Waals surface area (Å²) in [6.07, 6.45) is 3.96. The Labute approximate surface area is 118 Å². The second kappa shape index (κ2) is 5.72. The Morgan fingerprint density at radius 3 is 2.67 bits per heavy atom. The van der Waals surface area contributed by atoms with E-state index in [1.807, 2.05) is 0 Å². The summed E-state index contributed by atoms with van der Waals surface area (Å²) in [5, 5.41) is 3.47. The van der Waals surface area contributed by atoms with Gasteiger partial charge in [0.25, 0.3) is 0 Å². The van der Waals surface area contributed by atoms with Crippen molar-refractivity contribution in [3.63, 3.8) is 0 Å². The Morgan fingerprint density at radius 1 is 1.17 bits per heavy atom. The Kier molecular flexibility index (Phi) is 4.02. The number of piperidine rings is 1. The Hall–Kier alpha value is -0.380. The smallest absolute Gasteiger partial charge is 0.0232 e. The van der Waals surface area contributed by atoms with E-state index in [0.717, 1.165) is 12.0 Å². The number of nitrogens with zero attached hydrogens (tertiary/aromatic N) is 1. The third-order valence-electron chi connectivity index (χ3n) is 4.40. The van der Waals surface area contributed by atoms with Crippen molar-refractivity contribution in [1.82, 2.24) is 10.2 Å². The second-order valence-corrected chi connectivity index (χ2v) is 6.43. The molecule has 2 fully saturated rings. The highest BCUT2D eigenvalue weighted by atomic mass is 79.9. The Balaban J connectivity index is 1.59. The molecule has 2 heterocycles. The average Bonchev–Trinajstić information content (AvgIpc) is 2.93. The number of benzene rings is 1. The summed E-state index contributed by atoms with van der Waals surface area (Å²) in [6, 6.07) is 9.64. The number of halogens is 1. The molecule has 2 aliphatic heterocycles. The summed E-state index contributed by atoms with van der Waals surface area (Å²) in [7, 11) is 0. The number of hydrogen-bond donors (Lipinski definition) is 1. The van der Waals surface area contributed by atoms with E-state index < -0.39 is 0 Å². The molecule has 0 aromatic heterocycles. The van der Waals surface area contributed by atoms with E-state index in [1.165, 1.54) is 55.5 Å². The van der Waals surface area contributed by atoms with Gasteiger partial charge in [-0.15, -0.1) is 0 Å². The molecule has 0 spiro atoms. The van der Waals surface area contributed by atoms with E-state index in [0.29, 0.717) is 0 Å². The number of rotatable bonds is 2. The van der Waals surface area contributed by atoms with E-state index in [1.54, 1.807) is 0 Å². The first-order valence-electron chi connectivity index (χ1n) is 7.03. The molecule has 0 radical (unpaired) electrons. The minimum atomic E-state index is 0.758. The summed E-state index contributed by atoms with van der Waals surface area (Å²) in [6.45, 7) is 4.94. The van der Waals surface area contributed by atoms with Crippen LogP contribution in [-0.2, 0) is 0 Å². The molecule has 98 valence electrons. The van der Waals surface area contributed by atoms with Gasteiger partial charge in [0, 0.05) is 17.1 Å². The molecule has 0 aliphatic carbocycles. The van der Waals surface area contributed by atoms with Crippen LogP contribution >= 0.6 is 15.9 Å². The monoisotopic (exact) mass is 308 g/mol. The quantitative estimate of drug-likeness (QED) is 0.903. The summed E-state index contributed by atoms with van der Waals surface area (Å²) in [4.78, 5) is 2.69. The Bertz CT molecular complexity index is 393. The maximum atomic E-state index is 3.58. The summed E-state index contributed by atoms with van der Waals surface area (Å²) in [5.74, 6) is 0.758. The highest BCUT2D eigenvalue weighted by Crippen LogP contribution is 2.30. The standard InChI is InChI=1S/C15H21BrN2/c16-14-3-1-2-13(10-14)12-5-8-18(9-6-12)15-4-7-17-11-15/h1-3,10,12,15,17H,4-9,11H2. The zero-order valence-electron chi connectivity index (χ0n) is 10.7. The zero-order valence-corrected chi connectivity index (χ0v) is 12.3. The highest BCUT2D eigenvalue weighted by Gasteiger charge is 2.27. The van der Waals surface area contributed by atoms with Gasteiger partial charge in [-0.2, -0.15) is 0 Å². The van der Waals surface area contributed by atoms with Crippen LogP contribution in [0.25, 0.3) is 0 Å². The number of nitrogens with one attached hydrogen (secondary N) is 1. The van der Waals surface area contributed by atoms with Gasteiger partial charge in [-0.25, -0.2) is 0 Å². The van der Waals surface area contributed by atoms with E-state index in [2.05, 4.69) is 50.4 Å². The third kappa shape index (κ3) is 2.79. The molecule has 1 N–H and O–H groups in total. The molecule has 0 saturated carbocycles. The largest absolute Gasteiger partial charge is 0.315 e. The molecule has 2 aliphatic rings. The van der Waals surface area contributed by atoms with E-state index >= 15 is 0 Å². The first kappa shape index (κ1) is 12.6. The molecule has 0 amide bonds. The molecule has 3 rings (SSSR count). The number of hydrogen-bond acceptors (Lipinski definition) is 2. The van der Waals surface area contributed by atoms with Gasteiger partial charge in [0.05, 0.1) is 0 Å². The lowest BCUT2D eigenvalue weighted by Gasteiger charge is -2.35. The third-order valence-corrected chi connectivity index (χ3v) is 4.89. The van der Waals surface area contributed by atoms with Crippen LogP contribution in [0, 0.1) is 0 Å². The van der Waals surface area contributed by atoms with E-state index in [-0.39, 0.29) is 0 Å². The molecule has 3 heteroatoms. The van der Waals surface area contributed by atoms with Crippen molar-refractivity contribution in [2.75, 3.05) is 26.2 Å². The van der Waals surface area contributed by atoms with Crippen LogP contribution < -0.4 is 5.32 Å². The van der Waals surface area contributed by atoms with Crippen LogP contribution in [0.2, 0.25) is 0 Å². The topological polar surface area (TPSA) is 15.3 Å². The van der Waals surface area contributed by atoms with Crippen molar-refractivity contribution in [3.8, 4) is 0 Å². The molecular weight excluding hydrogens is 288 g/mol. The van der Waals surface area contributed by atoms with E-state index in [4.69, 9.17) is 0 Å². The van der Waals surface area contributed by atoms with Crippen LogP contribution in [0.4, 0.5) is 0 Å². The summed E-state index contributed by atoms with van der Waals surface area (Å²) >= 11 is 3.58. The van der Waals surface area contributed by atoms with Crippen molar-refractivity contribution >= 4 is 15.9 Å². The molecule has 1 unspecified atom stereocenters. The van der Waals surface area contributed by atoms with Gasteiger partial charge in [0.1, 0.15) is 0 Å². The van der Waals surface area contributed by atoms with Crippen LogP contribution in [0.3, 0.4) is 0 Å².